The van der Waals surface area contributed by atoms with E-state index in [1.54, 1.807) is 12.1 Å². The van der Waals surface area contributed by atoms with Gasteiger partial charge in [-0.1, -0.05) is 0 Å². The van der Waals surface area contributed by atoms with Gasteiger partial charge in [0.2, 0.25) is 5.91 Å². The zero-order valence-electron chi connectivity index (χ0n) is 15.1. The molecule has 0 unspecified atom stereocenters. The number of anilines is 1. The SMILES string of the molecule is Cc1cc(F)c(NC(=O)N2CCC[C@H]2C(=O)NCc2ccco2)cc1[N+](=O)[O-]. The molecule has 1 fully saturated rings. The van der Waals surface area contributed by atoms with Crippen LogP contribution in [-0.4, -0.2) is 34.3 Å². The van der Waals surface area contributed by atoms with Gasteiger partial charge in [0.25, 0.3) is 5.69 Å². The summed E-state index contributed by atoms with van der Waals surface area (Å²) in [5.41, 5.74) is -0.452. The van der Waals surface area contributed by atoms with Gasteiger partial charge in [-0.25, -0.2) is 9.18 Å². The van der Waals surface area contributed by atoms with Crippen LogP contribution in [0.1, 0.15) is 24.2 Å². The van der Waals surface area contributed by atoms with Crippen molar-refractivity contribution in [2.24, 2.45) is 0 Å². The van der Waals surface area contributed by atoms with Gasteiger partial charge in [0, 0.05) is 18.2 Å². The number of nitrogens with one attached hydrogen (secondary N) is 2. The maximum atomic E-state index is 14.1. The number of halogens is 1. The minimum absolute atomic E-state index is 0.150. The number of carbonyl (C=O) groups is 2. The third-order valence-electron chi connectivity index (χ3n) is 4.56. The Morgan fingerprint density at radius 3 is 2.89 bits per heavy atom. The Kier molecular flexibility index (Phi) is 5.57. The van der Waals surface area contributed by atoms with Gasteiger partial charge >= 0.3 is 6.03 Å². The van der Waals surface area contributed by atoms with Crippen LogP contribution in [0.4, 0.5) is 20.6 Å². The van der Waals surface area contributed by atoms with E-state index in [0.717, 1.165) is 12.1 Å². The second kappa shape index (κ2) is 8.07. The molecule has 1 aromatic carbocycles. The summed E-state index contributed by atoms with van der Waals surface area (Å²) in [5.74, 6) is -0.551. The number of rotatable bonds is 5. The highest BCUT2D eigenvalue weighted by atomic mass is 19.1. The Hall–Kier alpha value is -3.43. The Bertz CT molecular complexity index is 900. The van der Waals surface area contributed by atoms with E-state index in [1.807, 2.05) is 0 Å². The molecule has 0 radical (unpaired) electrons. The van der Waals surface area contributed by atoms with Gasteiger partial charge in [-0.15, -0.1) is 0 Å². The summed E-state index contributed by atoms with van der Waals surface area (Å²) in [6.07, 6.45) is 2.57. The van der Waals surface area contributed by atoms with Gasteiger partial charge in [0.15, 0.2) is 0 Å². The number of nitro benzene ring substituents is 1. The van der Waals surface area contributed by atoms with E-state index >= 15 is 0 Å². The largest absolute Gasteiger partial charge is 0.467 e. The topological polar surface area (TPSA) is 118 Å². The Morgan fingerprint density at radius 1 is 1.43 bits per heavy atom. The van der Waals surface area contributed by atoms with E-state index in [1.165, 1.54) is 18.1 Å². The van der Waals surface area contributed by atoms with Crippen molar-refractivity contribution in [3.8, 4) is 0 Å². The summed E-state index contributed by atoms with van der Waals surface area (Å²) in [4.78, 5) is 36.7. The predicted octanol–water partition coefficient (Wildman–Crippen LogP) is 2.95. The van der Waals surface area contributed by atoms with Crippen LogP contribution in [0.25, 0.3) is 0 Å². The monoisotopic (exact) mass is 390 g/mol. The van der Waals surface area contributed by atoms with E-state index in [2.05, 4.69) is 10.6 Å². The molecule has 0 saturated carbocycles. The highest BCUT2D eigenvalue weighted by Crippen LogP contribution is 2.27. The molecule has 3 amide bonds. The van der Waals surface area contributed by atoms with Crippen LogP contribution in [0.2, 0.25) is 0 Å². The van der Waals surface area contributed by atoms with E-state index in [0.29, 0.717) is 25.1 Å². The zero-order valence-corrected chi connectivity index (χ0v) is 15.1. The Balaban J connectivity index is 1.68. The lowest BCUT2D eigenvalue weighted by Crippen LogP contribution is -2.47. The number of aryl methyl sites for hydroxylation is 1. The molecule has 0 bridgehead atoms. The first-order chi connectivity index (χ1) is 13.4. The average molecular weight is 390 g/mol. The van der Waals surface area contributed by atoms with Crippen molar-refractivity contribution >= 4 is 23.3 Å². The highest BCUT2D eigenvalue weighted by Gasteiger charge is 2.34. The highest BCUT2D eigenvalue weighted by molar-refractivity contribution is 5.94. The minimum Gasteiger partial charge on any atom is -0.467 e. The number of likely N-dealkylation sites (tertiary alicyclic amines) is 1. The maximum Gasteiger partial charge on any atom is 0.322 e. The molecule has 28 heavy (non-hydrogen) atoms. The number of nitrogens with zero attached hydrogens (tertiary/aromatic N) is 2. The third-order valence-corrected chi connectivity index (χ3v) is 4.56. The Morgan fingerprint density at radius 2 is 2.21 bits per heavy atom. The molecule has 0 aliphatic carbocycles. The molecule has 2 aromatic rings. The second-order valence-electron chi connectivity index (χ2n) is 6.45. The summed E-state index contributed by atoms with van der Waals surface area (Å²) < 4.78 is 19.3. The van der Waals surface area contributed by atoms with Gasteiger partial charge < -0.3 is 20.0 Å². The smallest absolute Gasteiger partial charge is 0.322 e. The van der Waals surface area contributed by atoms with Crippen molar-refractivity contribution in [1.82, 2.24) is 10.2 Å². The summed E-state index contributed by atoms with van der Waals surface area (Å²) in [5, 5.41) is 16.1. The molecular weight excluding hydrogens is 371 g/mol. The fourth-order valence-corrected chi connectivity index (χ4v) is 3.13. The van der Waals surface area contributed by atoms with E-state index < -0.39 is 22.8 Å². The molecule has 1 saturated heterocycles. The molecule has 10 heteroatoms. The number of carbonyl (C=O) groups excluding carboxylic acids is 2. The number of urea groups is 1. The van der Waals surface area contributed by atoms with Crippen LogP contribution in [0.5, 0.6) is 0 Å². The van der Waals surface area contributed by atoms with Crippen LogP contribution < -0.4 is 10.6 Å². The van der Waals surface area contributed by atoms with E-state index in [9.17, 15) is 24.1 Å². The van der Waals surface area contributed by atoms with E-state index in [-0.39, 0.29) is 29.4 Å². The Labute approximate surface area is 159 Å². The van der Waals surface area contributed by atoms with Gasteiger partial charge in [-0.3, -0.25) is 14.9 Å². The number of hydrogen-bond donors (Lipinski definition) is 2. The maximum absolute atomic E-state index is 14.1. The number of hydrogen-bond acceptors (Lipinski definition) is 5. The molecule has 1 aliphatic rings. The predicted molar refractivity (Wildman–Crippen MR) is 97.1 cm³/mol. The zero-order chi connectivity index (χ0) is 20.3. The summed E-state index contributed by atoms with van der Waals surface area (Å²) >= 11 is 0. The van der Waals surface area contributed by atoms with Crippen molar-refractivity contribution in [2.45, 2.75) is 32.4 Å². The number of amides is 3. The van der Waals surface area contributed by atoms with Crippen LogP contribution in [0.3, 0.4) is 0 Å². The van der Waals surface area contributed by atoms with Crippen LogP contribution in [-0.2, 0) is 11.3 Å². The fourth-order valence-electron chi connectivity index (χ4n) is 3.13. The standard InChI is InChI=1S/C18H19FN4O5/c1-11-8-13(19)14(9-16(11)23(26)27)21-18(25)22-6-2-5-15(22)17(24)20-10-12-4-3-7-28-12/h3-4,7-9,15H,2,5-6,10H2,1H3,(H,20,24)(H,21,25)/t15-/m0/s1. The summed E-state index contributed by atoms with van der Waals surface area (Å²) in [6, 6.07) is 3.99. The lowest BCUT2D eigenvalue weighted by Gasteiger charge is -2.24. The molecule has 1 aromatic heterocycles. The fraction of sp³-hybridized carbons (Fsp3) is 0.333. The first-order valence-electron chi connectivity index (χ1n) is 8.69. The number of benzene rings is 1. The molecule has 3 rings (SSSR count). The summed E-state index contributed by atoms with van der Waals surface area (Å²) in [7, 11) is 0. The van der Waals surface area contributed by atoms with Crippen LogP contribution in [0.15, 0.2) is 34.9 Å². The third kappa shape index (κ3) is 4.11. The molecule has 148 valence electrons. The number of nitro groups is 1. The van der Waals surface area contributed by atoms with Crippen molar-refractivity contribution in [3.63, 3.8) is 0 Å². The van der Waals surface area contributed by atoms with Gasteiger partial charge in [0.05, 0.1) is 23.4 Å². The lowest BCUT2D eigenvalue weighted by atomic mass is 10.1. The normalized spacial score (nSPS) is 16.1. The lowest BCUT2D eigenvalue weighted by molar-refractivity contribution is -0.385. The van der Waals surface area contributed by atoms with Crippen molar-refractivity contribution < 1.29 is 23.3 Å². The molecular formula is C18H19FN4O5. The van der Waals surface area contributed by atoms with Gasteiger partial charge in [-0.2, -0.15) is 0 Å². The van der Waals surface area contributed by atoms with Gasteiger partial charge in [-0.05, 0) is 38.0 Å². The van der Waals surface area contributed by atoms with Gasteiger partial charge in [0.1, 0.15) is 17.6 Å². The van der Waals surface area contributed by atoms with Crippen molar-refractivity contribution in [1.29, 1.82) is 0 Å². The molecule has 0 spiro atoms. The molecule has 2 heterocycles. The molecule has 2 N–H and O–H groups in total. The van der Waals surface area contributed by atoms with Crippen LogP contribution >= 0.6 is 0 Å². The van der Waals surface area contributed by atoms with Crippen LogP contribution in [0, 0.1) is 22.9 Å². The molecule has 1 aliphatic heterocycles. The van der Waals surface area contributed by atoms with E-state index in [4.69, 9.17) is 4.42 Å². The first-order valence-corrected chi connectivity index (χ1v) is 8.69. The summed E-state index contributed by atoms with van der Waals surface area (Å²) in [6.45, 7) is 1.92. The van der Waals surface area contributed by atoms with Crippen molar-refractivity contribution in [3.05, 3.63) is 57.8 Å². The second-order valence-corrected chi connectivity index (χ2v) is 6.45. The minimum atomic E-state index is -0.783. The molecule has 9 nitrogen and oxygen atoms in total. The quantitative estimate of drug-likeness (QED) is 0.601. The average Bonchev–Trinajstić information content (AvgIpc) is 3.33. The van der Waals surface area contributed by atoms with Crippen molar-refractivity contribution in [2.75, 3.05) is 11.9 Å². The first kappa shape index (κ1) is 19.3. The molecule has 1 atom stereocenters. The number of furan rings is 1.